The quantitative estimate of drug-likeness (QED) is 0.577. The van der Waals surface area contributed by atoms with Gasteiger partial charge < -0.3 is 0 Å². The summed E-state index contributed by atoms with van der Waals surface area (Å²) >= 11 is 0. The van der Waals surface area contributed by atoms with Crippen LogP contribution in [0.1, 0.15) is 27.2 Å². The van der Waals surface area contributed by atoms with Crippen molar-refractivity contribution in [2.24, 2.45) is 15.9 Å². The van der Waals surface area contributed by atoms with Crippen LogP contribution in [0, 0.1) is 5.92 Å². The average Bonchev–Trinajstić information content (AvgIpc) is 2.04. The fourth-order valence-corrected chi connectivity index (χ4v) is 0.913. The SMILES string of the molecule is C=C\C=N/C=C(CC(C)C)\N=C\C. The Bertz CT molecular complexity index is 222. The molecule has 0 saturated carbocycles. The minimum atomic E-state index is 0.605. The van der Waals surface area contributed by atoms with Gasteiger partial charge in [-0.15, -0.1) is 0 Å². The van der Waals surface area contributed by atoms with Crippen LogP contribution in [0.2, 0.25) is 0 Å². The fourth-order valence-electron chi connectivity index (χ4n) is 0.913. The molecule has 2 heteroatoms. The highest BCUT2D eigenvalue weighted by molar-refractivity contribution is 5.70. The van der Waals surface area contributed by atoms with E-state index in [0.29, 0.717) is 5.92 Å². The molecule has 0 N–H and O–H groups in total. The van der Waals surface area contributed by atoms with Gasteiger partial charge in [0.25, 0.3) is 0 Å². The summed E-state index contributed by atoms with van der Waals surface area (Å²) in [6, 6.07) is 0. The smallest absolute Gasteiger partial charge is 0.0584 e. The molecule has 0 radical (unpaired) electrons. The van der Waals surface area contributed by atoms with Crippen molar-refractivity contribution in [3.05, 3.63) is 24.6 Å². The van der Waals surface area contributed by atoms with Gasteiger partial charge in [0.15, 0.2) is 0 Å². The molecule has 0 spiro atoms. The van der Waals surface area contributed by atoms with Crippen molar-refractivity contribution >= 4 is 12.4 Å². The molecule has 0 aromatic rings. The van der Waals surface area contributed by atoms with E-state index in [0.717, 1.165) is 12.1 Å². The lowest BCUT2D eigenvalue weighted by Gasteiger charge is -2.02. The highest BCUT2D eigenvalue weighted by atomic mass is 14.8. The second-order valence-electron chi connectivity index (χ2n) is 3.14. The Morgan fingerprint density at radius 1 is 1.46 bits per heavy atom. The lowest BCUT2D eigenvalue weighted by molar-refractivity contribution is 0.638. The van der Waals surface area contributed by atoms with E-state index in [1.165, 1.54) is 0 Å². The Balaban J connectivity index is 4.30. The molecular formula is C11H18N2. The van der Waals surface area contributed by atoms with Crippen LogP contribution < -0.4 is 0 Å². The van der Waals surface area contributed by atoms with E-state index in [1.807, 2.05) is 6.92 Å². The second-order valence-corrected chi connectivity index (χ2v) is 3.14. The number of hydrogen-bond donors (Lipinski definition) is 0. The van der Waals surface area contributed by atoms with Crippen molar-refractivity contribution in [3.63, 3.8) is 0 Å². The summed E-state index contributed by atoms with van der Waals surface area (Å²) in [4.78, 5) is 8.27. The van der Waals surface area contributed by atoms with E-state index < -0.39 is 0 Å². The zero-order valence-electron chi connectivity index (χ0n) is 8.70. The zero-order chi connectivity index (χ0) is 10.1. The van der Waals surface area contributed by atoms with Crippen molar-refractivity contribution in [2.45, 2.75) is 27.2 Å². The predicted octanol–water partition coefficient (Wildman–Crippen LogP) is 3.22. The van der Waals surface area contributed by atoms with Gasteiger partial charge in [0.05, 0.1) is 5.70 Å². The van der Waals surface area contributed by atoms with Crippen LogP contribution in [0.4, 0.5) is 0 Å². The van der Waals surface area contributed by atoms with Crippen molar-refractivity contribution in [1.29, 1.82) is 0 Å². The minimum Gasteiger partial charge on any atom is -0.264 e. The molecule has 0 aliphatic carbocycles. The molecule has 0 saturated heterocycles. The van der Waals surface area contributed by atoms with E-state index in [-0.39, 0.29) is 0 Å². The van der Waals surface area contributed by atoms with Crippen LogP contribution in [0.5, 0.6) is 0 Å². The highest BCUT2D eigenvalue weighted by Crippen LogP contribution is 2.11. The third-order valence-electron chi connectivity index (χ3n) is 1.33. The molecule has 0 fully saturated rings. The van der Waals surface area contributed by atoms with E-state index in [9.17, 15) is 0 Å². The summed E-state index contributed by atoms with van der Waals surface area (Å²) in [6.07, 6.45) is 7.84. The monoisotopic (exact) mass is 178 g/mol. The Kier molecular flexibility index (Phi) is 6.79. The molecule has 0 heterocycles. The Labute approximate surface area is 80.8 Å². The maximum absolute atomic E-state index is 4.22. The molecular weight excluding hydrogens is 160 g/mol. The topological polar surface area (TPSA) is 24.7 Å². The van der Waals surface area contributed by atoms with Gasteiger partial charge in [0, 0.05) is 18.6 Å². The summed E-state index contributed by atoms with van der Waals surface area (Å²) in [7, 11) is 0. The predicted molar refractivity (Wildman–Crippen MR) is 60.4 cm³/mol. The van der Waals surface area contributed by atoms with Gasteiger partial charge in [-0.05, 0) is 19.3 Å². The molecule has 0 amide bonds. The number of rotatable bonds is 5. The summed E-state index contributed by atoms with van der Waals surface area (Å²) in [6.45, 7) is 9.78. The van der Waals surface area contributed by atoms with Crippen LogP contribution in [0.25, 0.3) is 0 Å². The summed E-state index contributed by atoms with van der Waals surface area (Å²) in [5, 5.41) is 0. The molecule has 0 atom stereocenters. The van der Waals surface area contributed by atoms with Gasteiger partial charge in [-0.25, -0.2) is 0 Å². The molecule has 0 aliphatic heterocycles. The maximum Gasteiger partial charge on any atom is 0.0584 e. The first kappa shape index (κ1) is 11.8. The lowest BCUT2D eigenvalue weighted by atomic mass is 10.1. The number of allylic oxidation sites excluding steroid dienone is 2. The Morgan fingerprint density at radius 2 is 2.15 bits per heavy atom. The van der Waals surface area contributed by atoms with E-state index >= 15 is 0 Å². The van der Waals surface area contributed by atoms with E-state index in [4.69, 9.17) is 0 Å². The number of hydrogen-bond acceptors (Lipinski definition) is 2. The van der Waals surface area contributed by atoms with Crippen LogP contribution in [-0.4, -0.2) is 12.4 Å². The average molecular weight is 178 g/mol. The maximum atomic E-state index is 4.22. The molecule has 0 bridgehead atoms. The molecule has 0 aromatic carbocycles. The van der Waals surface area contributed by atoms with Crippen molar-refractivity contribution < 1.29 is 0 Å². The van der Waals surface area contributed by atoms with Gasteiger partial charge >= 0.3 is 0 Å². The zero-order valence-corrected chi connectivity index (χ0v) is 8.70. The first-order valence-electron chi connectivity index (χ1n) is 4.52. The Hall–Kier alpha value is -1.18. The molecule has 0 rings (SSSR count). The standard InChI is InChI=1S/C11H18N2/c1-5-7-12-9-11(13-6-2)8-10(3)4/h5-7,9-10H,1,8H2,2-4H3/b11-9-,12-7-,13-6+. The summed E-state index contributed by atoms with van der Waals surface area (Å²) in [5.74, 6) is 0.605. The van der Waals surface area contributed by atoms with Crippen molar-refractivity contribution in [2.75, 3.05) is 0 Å². The van der Waals surface area contributed by atoms with Gasteiger partial charge in [0.1, 0.15) is 0 Å². The van der Waals surface area contributed by atoms with Gasteiger partial charge in [-0.3, -0.25) is 9.98 Å². The van der Waals surface area contributed by atoms with Gasteiger partial charge in [0.2, 0.25) is 0 Å². The molecule has 2 nitrogen and oxygen atoms in total. The minimum absolute atomic E-state index is 0.605. The van der Waals surface area contributed by atoms with Crippen LogP contribution in [0.15, 0.2) is 34.5 Å². The van der Waals surface area contributed by atoms with Crippen molar-refractivity contribution in [3.8, 4) is 0 Å². The Morgan fingerprint density at radius 3 is 2.62 bits per heavy atom. The van der Waals surface area contributed by atoms with Gasteiger partial charge in [-0.1, -0.05) is 26.5 Å². The molecule has 13 heavy (non-hydrogen) atoms. The molecule has 72 valence electrons. The molecule has 0 aromatic heterocycles. The van der Waals surface area contributed by atoms with E-state index in [2.05, 4.69) is 30.4 Å². The highest BCUT2D eigenvalue weighted by Gasteiger charge is 1.97. The number of nitrogens with zero attached hydrogens (tertiary/aromatic N) is 2. The van der Waals surface area contributed by atoms with Crippen molar-refractivity contribution in [1.82, 2.24) is 0 Å². The first-order valence-corrected chi connectivity index (χ1v) is 4.52. The van der Waals surface area contributed by atoms with Gasteiger partial charge in [-0.2, -0.15) is 0 Å². The normalized spacial score (nSPS) is 13.4. The molecule has 0 unspecified atom stereocenters. The second kappa shape index (κ2) is 7.47. The lowest BCUT2D eigenvalue weighted by Crippen LogP contribution is -1.89. The summed E-state index contributed by atoms with van der Waals surface area (Å²) in [5.41, 5.74) is 1.01. The summed E-state index contributed by atoms with van der Waals surface area (Å²) < 4.78 is 0. The molecule has 0 aliphatic rings. The van der Waals surface area contributed by atoms with E-state index in [1.54, 1.807) is 24.7 Å². The fraction of sp³-hybridized carbons (Fsp3) is 0.455. The van der Waals surface area contributed by atoms with Crippen LogP contribution in [-0.2, 0) is 0 Å². The third-order valence-corrected chi connectivity index (χ3v) is 1.33. The number of aliphatic imine (C=N–C) groups is 2. The first-order chi connectivity index (χ1) is 6.20. The van der Waals surface area contributed by atoms with Crippen LogP contribution >= 0.6 is 0 Å². The van der Waals surface area contributed by atoms with Crippen LogP contribution in [0.3, 0.4) is 0 Å². The largest absolute Gasteiger partial charge is 0.264 e. The third kappa shape index (κ3) is 7.19.